The van der Waals surface area contributed by atoms with E-state index in [2.05, 4.69) is 34.2 Å². The predicted octanol–water partition coefficient (Wildman–Crippen LogP) is 4.88. The standard InChI is InChI=1S/C16H16BrNO2/c1-2-8-18-15(16-13(17)7-9-19-16)12-10-20-14-6-4-3-5-11(12)14/h3-7,9-10,15,18H,2,8H2,1H3. The fourth-order valence-corrected chi connectivity index (χ4v) is 2.80. The number of fused-ring (bicyclic) bond motifs is 1. The van der Waals surface area contributed by atoms with E-state index in [1.807, 2.05) is 30.5 Å². The highest BCUT2D eigenvalue weighted by Crippen LogP contribution is 2.34. The molecule has 1 aromatic carbocycles. The maximum atomic E-state index is 5.65. The van der Waals surface area contributed by atoms with Crippen molar-refractivity contribution in [3.05, 3.63) is 58.7 Å². The summed E-state index contributed by atoms with van der Waals surface area (Å²) in [5.74, 6) is 0.880. The van der Waals surface area contributed by atoms with E-state index in [0.717, 1.165) is 39.7 Å². The third kappa shape index (κ3) is 2.41. The highest BCUT2D eigenvalue weighted by Gasteiger charge is 2.23. The molecule has 0 amide bonds. The number of para-hydroxylation sites is 1. The number of hydrogen-bond acceptors (Lipinski definition) is 3. The second kappa shape index (κ2) is 5.85. The molecule has 0 bridgehead atoms. The molecule has 1 N–H and O–H groups in total. The average Bonchev–Trinajstić information content (AvgIpc) is 3.07. The Bertz CT molecular complexity index is 701. The second-order valence-electron chi connectivity index (χ2n) is 4.71. The average molecular weight is 334 g/mol. The molecule has 4 heteroatoms. The normalized spacial score (nSPS) is 12.9. The molecule has 2 aromatic heterocycles. The van der Waals surface area contributed by atoms with Crippen molar-refractivity contribution < 1.29 is 8.83 Å². The molecule has 104 valence electrons. The summed E-state index contributed by atoms with van der Waals surface area (Å²) in [5.41, 5.74) is 2.00. The fourth-order valence-electron chi connectivity index (χ4n) is 2.37. The molecule has 3 rings (SSSR count). The van der Waals surface area contributed by atoms with Gasteiger partial charge in [-0.25, -0.2) is 0 Å². The van der Waals surface area contributed by atoms with Crippen LogP contribution in [0.5, 0.6) is 0 Å². The molecule has 3 nitrogen and oxygen atoms in total. The molecule has 0 saturated heterocycles. The molecule has 1 unspecified atom stereocenters. The number of rotatable bonds is 5. The van der Waals surface area contributed by atoms with Crippen LogP contribution in [0.4, 0.5) is 0 Å². The molecule has 0 fully saturated rings. The highest BCUT2D eigenvalue weighted by molar-refractivity contribution is 9.10. The van der Waals surface area contributed by atoms with Gasteiger partial charge in [0.25, 0.3) is 0 Å². The summed E-state index contributed by atoms with van der Waals surface area (Å²) in [6.07, 6.45) is 4.57. The van der Waals surface area contributed by atoms with Gasteiger partial charge in [0.1, 0.15) is 11.3 Å². The Hall–Kier alpha value is -1.52. The zero-order valence-corrected chi connectivity index (χ0v) is 12.8. The van der Waals surface area contributed by atoms with Gasteiger partial charge in [0.15, 0.2) is 0 Å². The zero-order valence-electron chi connectivity index (χ0n) is 11.2. The van der Waals surface area contributed by atoms with E-state index in [4.69, 9.17) is 8.83 Å². The summed E-state index contributed by atoms with van der Waals surface area (Å²) in [6, 6.07) is 9.96. The van der Waals surface area contributed by atoms with Crippen LogP contribution in [0, 0.1) is 0 Å². The van der Waals surface area contributed by atoms with Gasteiger partial charge in [0.05, 0.1) is 23.0 Å². The summed E-state index contributed by atoms with van der Waals surface area (Å²) in [6.45, 7) is 3.06. The van der Waals surface area contributed by atoms with Gasteiger partial charge < -0.3 is 14.2 Å². The van der Waals surface area contributed by atoms with Crippen LogP contribution < -0.4 is 5.32 Å². The molecule has 0 saturated carbocycles. The van der Waals surface area contributed by atoms with Crippen molar-refractivity contribution in [1.82, 2.24) is 5.32 Å². The SMILES string of the molecule is CCCNC(c1occc1Br)c1coc2ccccc12. The lowest BCUT2D eigenvalue weighted by Crippen LogP contribution is -2.22. The van der Waals surface area contributed by atoms with E-state index in [0.29, 0.717) is 0 Å². The summed E-state index contributed by atoms with van der Waals surface area (Å²) in [5, 5.41) is 4.64. The van der Waals surface area contributed by atoms with Crippen LogP contribution in [0.15, 0.2) is 56.2 Å². The smallest absolute Gasteiger partial charge is 0.139 e. The third-order valence-electron chi connectivity index (χ3n) is 3.33. The van der Waals surface area contributed by atoms with Crippen LogP contribution in [0.3, 0.4) is 0 Å². The van der Waals surface area contributed by atoms with Crippen molar-refractivity contribution in [3.8, 4) is 0 Å². The Balaban J connectivity index is 2.07. The van der Waals surface area contributed by atoms with E-state index in [1.165, 1.54) is 0 Å². The van der Waals surface area contributed by atoms with Crippen molar-refractivity contribution in [2.45, 2.75) is 19.4 Å². The van der Waals surface area contributed by atoms with E-state index < -0.39 is 0 Å². The predicted molar refractivity (Wildman–Crippen MR) is 82.8 cm³/mol. The Morgan fingerprint density at radius 2 is 2.05 bits per heavy atom. The van der Waals surface area contributed by atoms with Crippen LogP contribution in [-0.4, -0.2) is 6.54 Å². The van der Waals surface area contributed by atoms with Crippen molar-refractivity contribution in [2.24, 2.45) is 0 Å². The number of hydrogen-bond donors (Lipinski definition) is 1. The first-order valence-electron chi connectivity index (χ1n) is 6.73. The molecule has 3 aromatic rings. The number of nitrogens with one attached hydrogen (secondary N) is 1. The van der Waals surface area contributed by atoms with Crippen molar-refractivity contribution >= 4 is 26.9 Å². The molecule has 2 heterocycles. The molecular formula is C16H16BrNO2. The Morgan fingerprint density at radius 3 is 2.80 bits per heavy atom. The molecule has 0 aliphatic heterocycles. The maximum absolute atomic E-state index is 5.65. The van der Waals surface area contributed by atoms with Gasteiger partial charge in [-0.15, -0.1) is 0 Å². The van der Waals surface area contributed by atoms with Crippen molar-refractivity contribution in [3.63, 3.8) is 0 Å². The first-order valence-corrected chi connectivity index (χ1v) is 7.53. The third-order valence-corrected chi connectivity index (χ3v) is 3.98. The van der Waals surface area contributed by atoms with Gasteiger partial charge in [0, 0.05) is 10.9 Å². The minimum absolute atomic E-state index is 0.0111. The molecule has 0 aliphatic rings. The largest absolute Gasteiger partial charge is 0.466 e. The first-order chi connectivity index (χ1) is 9.81. The zero-order chi connectivity index (χ0) is 13.9. The Labute approximate surface area is 126 Å². The maximum Gasteiger partial charge on any atom is 0.139 e. The number of halogens is 1. The minimum atomic E-state index is -0.0111. The van der Waals surface area contributed by atoms with Crippen molar-refractivity contribution in [2.75, 3.05) is 6.54 Å². The van der Waals surface area contributed by atoms with Gasteiger partial charge in [0.2, 0.25) is 0 Å². The van der Waals surface area contributed by atoms with E-state index in [9.17, 15) is 0 Å². The first kappa shape index (κ1) is 13.5. The molecule has 1 atom stereocenters. The molecule has 0 radical (unpaired) electrons. The van der Waals surface area contributed by atoms with Crippen molar-refractivity contribution in [1.29, 1.82) is 0 Å². The molecular weight excluding hydrogens is 318 g/mol. The van der Waals surface area contributed by atoms with E-state index >= 15 is 0 Å². The van der Waals surface area contributed by atoms with Gasteiger partial charge in [-0.2, -0.15) is 0 Å². The number of benzene rings is 1. The van der Waals surface area contributed by atoms with Gasteiger partial charge in [-0.3, -0.25) is 0 Å². The second-order valence-corrected chi connectivity index (χ2v) is 5.56. The summed E-state index contributed by atoms with van der Waals surface area (Å²) < 4.78 is 12.3. The van der Waals surface area contributed by atoms with Crippen LogP contribution >= 0.6 is 15.9 Å². The van der Waals surface area contributed by atoms with Crippen LogP contribution in [0.1, 0.15) is 30.7 Å². The van der Waals surface area contributed by atoms with E-state index in [-0.39, 0.29) is 6.04 Å². The monoisotopic (exact) mass is 333 g/mol. The van der Waals surface area contributed by atoms with Gasteiger partial charge in [-0.1, -0.05) is 25.1 Å². The quantitative estimate of drug-likeness (QED) is 0.723. The van der Waals surface area contributed by atoms with Crippen LogP contribution in [0.25, 0.3) is 11.0 Å². The van der Waals surface area contributed by atoms with E-state index in [1.54, 1.807) is 6.26 Å². The lowest BCUT2D eigenvalue weighted by molar-refractivity contribution is 0.442. The molecule has 0 aliphatic carbocycles. The minimum Gasteiger partial charge on any atom is -0.466 e. The molecule has 0 spiro atoms. The Morgan fingerprint density at radius 1 is 1.20 bits per heavy atom. The molecule has 20 heavy (non-hydrogen) atoms. The van der Waals surface area contributed by atoms with Gasteiger partial charge in [-0.05, 0) is 41.0 Å². The topological polar surface area (TPSA) is 38.3 Å². The number of furan rings is 2. The summed E-state index contributed by atoms with van der Waals surface area (Å²) >= 11 is 3.54. The lowest BCUT2D eigenvalue weighted by Gasteiger charge is -2.16. The van der Waals surface area contributed by atoms with Gasteiger partial charge >= 0.3 is 0 Å². The summed E-state index contributed by atoms with van der Waals surface area (Å²) in [7, 11) is 0. The summed E-state index contributed by atoms with van der Waals surface area (Å²) in [4.78, 5) is 0. The fraction of sp³-hybridized carbons (Fsp3) is 0.250. The van der Waals surface area contributed by atoms with Crippen LogP contribution in [0.2, 0.25) is 0 Å². The van der Waals surface area contributed by atoms with Crippen LogP contribution in [-0.2, 0) is 0 Å². The Kier molecular flexibility index (Phi) is 3.94. The highest BCUT2D eigenvalue weighted by atomic mass is 79.9. The lowest BCUT2D eigenvalue weighted by atomic mass is 10.0.